The number of hydrogen-bond acceptors (Lipinski definition) is 4. The third-order valence-corrected chi connectivity index (χ3v) is 7.52. The van der Waals surface area contributed by atoms with Gasteiger partial charge in [-0.15, -0.1) is 0 Å². The number of amides is 2. The first kappa shape index (κ1) is 26.0. The summed E-state index contributed by atoms with van der Waals surface area (Å²) in [5.41, 5.74) is 1.95. The molecule has 0 radical (unpaired) electrons. The van der Waals surface area contributed by atoms with Crippen molar-refractivity contribution < 1.29 is 18.0 Å². The SMILES string of the molecule is CCc1ccccc1N(CC(=O)Nc1ccccc1C(=O)N(CC)CC)S(=O)(=O)c1ccccc1. The molecule has 0 fully saturated rings. The second-order valence-corrected chi connectivity index (χ2v) is 9.74. The van der Waals surface area contributed by atoms with E-state index in [1.807, 2.05) is 32.9 Å². The van der Waals surface area contributed by atoms with Crippen LogP contribution in [0.3, 0.4) is 0 Å². The van der Waals surface area contributed by atoms with Crippen LogP contribution in [0.1, 0.15) is 36.7 Å². The van der Waals surface area contributed by atoms with E-state index in [0.717, 1.165) is 9.87 Å². The molecule has 0 atom stereocenters. The Morgan fingerprint density at radius 1 is 0.800 bits per heavy atom. The minimum Gasteiger partial charge on any atom is -0.339 e. The highest BCUT2D eigenvalue weighted by atomic mass is 32.2. The van der Waals surface area contributed by atoms with E-state index in [0.29, 0.717) is 36.4 Å². The molecule has 0 spiro atoms. The van der Waals surface area contributed by atoms with E-state index in [1.165, 1.54) is 12.1 Å². The lowest BCUT2D eigenvalue weighted by Gasteiger charge is -2.26. The first-order valence-electron chi connectivity index (χ1n) is 11.7. The normalized spacial score (nSPS) is 11.1. The maximum atomic E-state index is 13.6. The molecule has 0 aliphatic rings. The topological polar surface area (TPSA) is 86.8 Å². The van der Waals surface area contributed by atoms with Gasteiger partial charge in [-0.3, -0.25) is 13.9 Å². The molecule has 0 unspecified atom stereocenters. The summed E-state index contributed by atoms with van der Waals surface area (Å²) >= 11 is 0. The van der Waals surface area contributed by atoms with Crippen LogP contribution < -0.4 is 9.62 Å². The number of para-hydroxylation sites is 2. The number of sulfonamides is 1. The molecule has 1 N–H and O–H groups in total. The number of hydrogen-bond donors (Lipinski definition) is 1. The third-order valence-electron chi connectivity index (χ3n) is 5.74. The molecule has 3 aromatic carbocycles. The van der Waals surface area contributed by atoms with Crippen LogP contribution >= 0.6 is 0 Å². The smallest absolute Gasteiger partial charge is 0.264 e. The lowest BCUT2D eigenvalue weighted by Crippen LogP contribution is -2.39. The predicted molar refractivity (Wildman–Crippen MR) is 139 cm³/mol. The highest BCUT2D eigenvalue weighted by molar-refractivity contribution is 7.92. The van der Waals surface area contributed by atoms with Gasteiger partial charge >= 0.3 is 0 Å². The number of benzene rings is 3. The molecule has 8 heteroatoms. The number of aryl methyl sites for hydroxylation is 1. The molecule has 3 rings (SSSR count). The van der Waals surface area contributed by atoms with Gasteiger partial charge in [0.25, 0.3) is 15.9 Å². The van der Waals surface area contributed by atoms with E-state index in [-0.39, 0.29) is 10.8 Å². The zero-order chi connectivity index (χ0) is 25.4. The van der Waals surface area contributed by atoms with Gasteiger partial charge in [0, 0.05) is 13.1 Å². The van der Waals surface area contributed by atoms with E-state index in [4.69, 9.17) is 0 Å². The van der Waals surface area contributed by atoms with Crippen LogP contribution in [0, 0.1) is 0 Å². The van der Waals surface area contributed by atoms with Gasteiger partial charge in [0.1, 0.15) is 6.54 Å². The minimum atomic E-state index is -4.02. The predicted octanol–water partition coefficient (Wildman–Crippen LogP) is 4.57. The molecule has 0 aliphatic heterocycles. The third kappa shape index (κ3) is 5.89. The molecule has 184 valence electrons. The maximum absolute atomic E-state index is 13.6. The first-order valence-corrected chi connectivity index (χ1v) is 13.1. The zero-order valence-corrected chi connectivity index (χ0v) is 21.1. The van der Waals surface area contributed by atoms with Gasteiger partial charge in [-0.25, -0.2) is 8.42 Å². The van der Waals surface area contributed by atoms with Gasteiger partial charge in [-0.05, 0) is 56.2 Å². The molecule has 0 aromatic heterocycles. The summed E-state index contributed by atoms with van der Waals surface area (Å²) in [6, 6.07) is 21.9. The molecule has 7 nitrogen and oxygen atoms in total. The Bertz CT molecular complexity index is 1270. The summed E-state index contributed by atoms with van der Waals surface area (Å²) in [7, 11) is -4.02. The quantitative estimate of drug-likeness (QED) is 0.448. The fourth-order valence-corrected chi connectivity index (χ4v) is 5.33. The molecule has 0 saturated heterocycles. The summed E-state index contributed by atoms with van der Waals surface area (Å²) in [5, 5.41) is 2.76. The largest absolute Gasteiger partial charge is 0.339 e. The van der Waals surface area contributed by atoms with Gasteiger partial charge in [-0.2, -0.15) is 0 Å². The van der Waals surface area contributed by atoms with E-state index in [9.17, 15) is 18.0 Å². The summed E-state index contributed by atoms with van der Waals surface area (Å²) in [6.07, 6.45) is 0.597. The van der Waals surface area contributed by atoms with Crippen molar-refractivity contribution >= 4 is 33.2 Å². The Kier molecular flexibility index (Phi) is 8.65. The van der Waals surface area contributed by atoms with Gasteiger partial charge in [0.05, 0.1) is 21.8 Å². The summed E-state index contributed by atoms with van der Waals surface area (Å²) in [4.78, 5) is 27.9. The molecular weight excluding hydrogens is 462 g/mol. The average molecular weight is 494 g/mol. The van der Waals surface area contributed by atoms with Crippen molar-refractivity contribution in [3.05, 3.63) is 90.0 Å². The van der Waals surface area contributed by atoms with Crippen molar-refractivity contribution in [2.75, 3.05) is 29.3 Å². The van der Waals surface area contributed by atoms with Crippen molar-refractivity contribution in [1.82, 2.24) is 4.90 Å². The van der Waals surface area contributed by atoms with Gasteiger partial charge in [-0.1, -0.05) is 55.5 Å². The monoisotopic (exact) mass is 493 g/mol. The van der Waals surface area contributed by atoms with Crippen LogP contribution in [0.5, 0.6) is 0 Å². The Hall–Kier alpha value is -3.65. The fourth-order valence-electron chi connectivity index (χ4n) is 3.85. The van der Waals surface area contributed by atoms with E-state index >= 15 is 0 Å². The number of anilines is 2. The summed E-state index contributed by atoms with van der Waals surface area (Å²) < 4.78 is 28.4. The Balaban J connectivity index is 1.97. The van der Waals surface area contributed by atoms with E-state index < -0.39 is 22.5 Å². The fraction of sp³-hybridized carbons (Fsp3) is 0.259. The highest BCUT2D eigenvalue weighted by Crippen LogP contribution is 2.28. The number of carbonyl (C=O) groups is 2. The zero-order valence-electron chi connectivity index (χ0n) is 20.3. The van der Waals surface area contributed by atoms with Crippen LogP contribution in [0.15, 0.2) is 83.8 Å². The molecule has 0 saturated carbocycles. The Morgan fingerprint density at radius 2 is 1.40 bits per heavy atom. The van der Waals surface area contributed by atoms with Crippen LogP contribution in [0.2, 0.25) is 0 Å². The van der Waals surface area contributed by atoms with Crippen LogP contribution in [0.4, 0.5) is 11.4 Å². The molecule has 3 aromatic rings. The Morgan fingerprint density at radius 3 is 2.06 bits per heavy atom. The van der Waals surface area contributed by atoms with Crippen molar-refractivity contribution in [1.29, 1.82) is 0 Å². The molecular formula is C27H31N3O4S. The second kappa shape index (κ2) is 11.7. The summed E-state index contributed by atoms with van der Waals surface area (Å²) in [5.74, 6) is -0.744. The lowest BCUT2D eigenvalue weighted by molar-refractivity contribution is -0.114. The van der Waals surface area contributed by atoms with E-state index in [2.05, 4.69) is 5.32 Å². The van der Waals surface area contributed by atoms with Crippen molar-refractivity contribution in [3.8, 4) is 0 Å². The van der Waals surface area contributed by atoms with Crippen molar-refractivity contribution in [2.24, 2.45) is 0 Å². The van der Waals surface area contributed by atoms with Crippen LogP contribution in [-0.2, 0) is 21.2 Å². The van der Waals surface area contributed by atoms with Crippen LogP contribution in [-0.4, -0.2) is 44.8 Å². The Labute approximate surface area is 207 Å². The number of rotatable bonds is 10. The minimum absolute atomic E-state index is 0.0933. The van der Waals surface area contributed by atoms with Gasteiger partial charge in [0.2, 0.25) is 5.91 Å². The molecule has 35 heavy (non-hydrogen) atoms. The van der Waals surface area contributed by atoms with Crippen LogP contribution in [0.25, 0.3) is 0 Å². The second-order valence-electron chi connectivity index (χ2n) is 7.88. The number of nitrogens with zero attached hydrogens (tertiary/aromatic N) is 2. The highest BCUT2D eigenvalue weighted by Gasteiger charge is 2.29. The number of carbonyl (C=O) groups excluding carboxylic acids is 2. The standard InChI is InChI=1S/C27H31N3O4S/c1-4-21-14-10-13-19-25(21)30(35(33,34)22-15-8-7-9-16-22)20-26(31)28-24-18-12-11-17-23(24)27(32)29(5-2)6-3/h7-19H,4-6,20H2,1-3H3,(H,28,31). The van der Waals surface area contributed by atoms with Gasteiger partial charge < -0.3 is 10.2 Å². The first-order chi connectivity index (χ1) is 16.8. The average Bonchev–Trinajstić information content (AvgIpc) is 2.88. The van der Waals surface area contributed by atoms with Crippen molar-refractivity contribution in [2.45, 2.75) is 32.1 Å². The molecule has 0 aliphatic carbocycles. The van der Waals surface area contributed by atoms with Gasteiger partial charge in [0.15, 0.2) is 0 Å². The molecule has 2 amide bonds. The van der Waals surface area contributed by atoms with Crippen molar-refractivity contribution in [3.63, 3.8) is 0 Å². The summed E-state index contributed by atoms with van der Waals surface area (Å²) in [6.45, 7) is 6.34. The van der Waals surface area contributed by atoms with E-state index in [1.54, 1.807) is 59.5 Å². The molecule has 0 heterocycles. The molecule has 0 bridgehead atoms. The maximum Gasteiger partial charge on any atom is 0.264 e. The number of nitrogens with one attached hydrogen (secondary N) is 1. The lowest BCUT2D eigenvalue weighted by atomic mass is 10.1.